The SMILES string of the molecule is O=C(C[C@@H]1CS(=O)(=O)C[C@H]1O)c1ccc2c(-c3ccccc3Cl)nn(-c3ccc(F)cc3)c2c1. The number of nitrogens with zero attached hydrogens (tertiary/aromatic N) is 2. The number of carbonyl (C=O) groups excluding carboxylic acids is 1. The summed E-state index contributed by atoms with van der Waals surface area (Å²) >= 11 is 6.42. The van der Waals surface area contributed by atoms with Gasteiger partial charge in [0.15, 0.2) is 15.6 Å². The van der Waals surface area contributed by atoms with E-state index in [4.69, 9.17) is 16.7 Å². The van der Waals surface area contributed by atoms with Gasteiger partial charge in [-0.25, -0.2) is 17.5 Å². The number of fused-ring (bicyclic) bond motifs is 1. The van der Waals surface area contributed by atoms with E-state index >= 15 is 0 Å². The van der Waals surface area contributed by atoms with E-state index in [-0.39, 0.29) is 29.5 Å². The first-order valence-electron chi connectivity index (χ1n) is 10.7. The highest BCUT2D eigenvalue weighted by Crippen LogP contribution is 2.35. The topological polar surface area (TPSA) is 89.3 Å². The van der Waals surface area contributed by atoms with E-state index in [1.165, 1.54) is 12.1 Å². The first-order chi connectivity index (χ1) is 16.2. The molecule has 0 bridgehead atoms. The molecular formula is C25H20ClFN2O4S. The van der Waals surface area contributed by atoms with Crippen LogP contribution in [-0.2, 0) is 9.84 Å². The minimum atomic E-state index is -3.34. The van der Waals surface area contributed by atoms with Crippen molar-refractivity contribution in [1.82, 2.24) is 9.78 Å². The van der Waals surface area contributed by atoms with Gasteiger partial charge in [0.2, 0.25) is 0 Å². The molecule has 0 spiro atoms. The third kappa shape index (κ3) is 4.24. The van der Waals surface area contributed by atoms with Crippen LogP contribution in [0.4, 0.5) is 4.39 Å². The number of sulfone groups is 1. The van der Waals surface area contributed by atoms with Gasteiger partial charge in [-0.15, -0.1) is 0 Å². The van der Waals surface area contributed by atoms with Gasteiger partial charge < -0.3 is 5.11 Å². The molecule has 1 saturated heterocycles. The van der Waals surface area contributed by atoms with Crippen LogP contribution < -0.4 is 0 Å². The fraction of sp³-hybridized carbons (Fsp3) is 0.200. The Morgan fingerprint density at radius 1 is 1.09 bits per heavy atom. The second-order valence-electron chi connectivity index (χ2n) is 8.48. The average molecular weight is 499 g/mol. The summed E-state index contributed by atoms with van der Waals surface area (Å²) in [5.74, 6) is -1.80. The predicted octanol–water partition coefficient (Wildman–Crippen LogP) is 4.46. The molecular weight excluding hydrogens is 479 g/mol. The normalized spacial score (nSPS) is 19.5. The minimum Gasteiger partial charge on any atom is -0.392 e. The van der Waals surface area contributed by atoms with Crippen molar-refractivity contribution in [2.45, 2.75) is 12.5 Å². The standard InChI is InChI=1S/C25H20ClFN2O4S/c26-21-4-2-1-3-19(21)25-20-10-5-15(23(30)12-16-13-34(32,33)14-24(16)31)11-22(20)29(28-25)18-8-6-17(27)7-9-18/h1-11,16,24,31H,12-14H2/t16-,24-/m1/s1. The summed E-state index contributed by atoms with van der Waals surface area (Å²) in [7, 11) is -3.34. The lowest BCUT2D eigenvalue weighted by Crippen LogP contribution is -2.21. The summed E-state index contributed by atoms with van der Waals surface area (Å²) in [4.78, 5) is 13.0. The van der Waals surface area contributed by atoms with Crippen molar-refractivity contribution >= 4 is 38.1 Å². The average Bonchev–Trinajstić information content (AvgIpc) is 3.30. The molecule has 1 aliphatic rings. The molecule has 3 aromatic carbocycles. The van der Waals surface area contributed by atoms with E-state index < -0.39 is 21.9 Å². The fourth-order valence-electron chi connectivity index (χ4n) is 4.37. The molecule has 9 heteroatoms. The maximum absolute atomic E-state index is 13.5. The van der Waals surface area contributed by atoms with Crippen molar-refractivity contribution in [3.05, 3.63) is 83.1 Å². The van der Waals surface area contributed by atoms with Crippen LogP contribution >= 0.6 is 11.6 Å². The van der Waals surface area contributed by atoms with Crippen LogP contribution in [0.3, 0.4) is 0 Å². The number of aromatic nitrogens is 2. The Morgan fingerprint density at radius 3 is 2.50 bits per heavy atom. The third-order valence-electron chi connectivity index (χ3n) is 6.09. The van der Waals surface area contributed by atoms with E-state index in [9.17, 15) is 22.7 Å². The lowest BCUT2D eigenvalue weighted by molar-refractivity contribution is 0.0895. The zero-order valence-corrected chi connectivity index (χ0v) is 19.4. The van der Waals surface area contributed by atoms with Gasteiger partial charge in [-0.1, -0.05) is 35.9 Å². The van der Waals surface area contributed by atoms with Crippen molar-refractivity contribution in [2.75, 3.05) is 11.5 Å². The summed E-state index contributed by atoms with van der Waals surface area (Å²) in [6.07, 6.45) is -1.12. The Kier molecular flexibility index (Phi) is 5.75. The van der Waals surface area contributed by atoms with Crippen molar-refractivity contribution in [3.8, 4) is 16.9 Å². The number of carbonyl (C=O) groups is 1. The zero-order valence-electron chi connectivity index (χ0n) is 17.9. The molecule has 174 valence electrons. The smallest absolute Gasteiger partial charge is 0.163 e. The van der Waals surface area contributed by atoms with E-state index in [1.54, 1.807) is 41.1 Å². The van der Waals surface area contributed by atoms with Crippen LogP contribution in [0, 0.1) is 11.7 Å². The summed E-state index contributed by atoms with van der Waals surface area (Å²) < 4.78 is 38.8. The molecule has 0 aliphatic carbocycles. The maximum Gasteiger partial charge on any atom is 0.163 e. The number of hydrogen-bond acceptors (Lipinski definition) is 5. The van der Waals surface area contributed by atoms with E-state index in [0.29, 0.717) is 33.0 Å². The highest BCUT2D eigenvalue weighted by molar-refractivity contribution is 7.91. The van der Waals surface area contributed by atoms with Gasteiger partial charge in [0.05, 0.1) is 33.8 Å². The molecule has 5 rings (SSSR count). The van der Waals surface area contributed by atoms with Gasteiger partial charge in [0, 0.05) is 28.9 Å². The van der Waals surface area contributed by atoms with E-state index in [0.717, 1.165) is 5.39 Å². The Labute approximate surface area is 200 Å². The molecule has 2 atom stereocenters. The van der Waals surface area contributed by atoms with Gasteiger partial charge in [0.1, 0.15) is 11.5 Å². The van der Waals surface area contributed by atoms with Gasteiger partial charge in [-0.05, 0) is 42.5 Å². The summed E-state index contributed by atoms with van der Waals surface area (Å²) in [5, 5.41) is 16.1. The summed E-state index contributed by atoms with van der Waals surface area (Å²) in [6, 6.07) is 18.2. The number of aliphatic hydroxyl groups is 1. The lowest BCUT2D eigenvalue weighted by Gasteiger charge is -2.12. The number of benzene rings is 3. The van der Waals surface area contributed by atoms with E-state index in [1.807, 2.05) is 18.2 Å². The number of hydrogen-bond donors (Lipinski definition) is 1. The molecule has 0 saturated carbocycles. The zero-order chi connectivity index (χ0) is 24.0. The highest BCUT2D eigenvalue weighted by Gasteiger charge is 2.37. The third-order valence-corrected chi connectivity index (χ3v) is 8.20. The van der Waals surface area contributed by atoms with Crippen LogP contribution in [-0.4, -0.2) is 46.7 Å². The first-order valence-corrected chi connectivity index (χ1v) is 12.9. The number of ketones is 1. The van der Waals surface area contributed by atoms with E-state index in [2.05, 4.69) is 0 Å². The van der Waals surface area contributed by atoms with Gasteiger partial charge in [0.25, 0.3) is 0 Å². The van der Waals surface area contributed by atoms with Crippen LogP contribution in [0.15, 0.2) is 66.7 Å². The number of halogens is 2. The molecule has 0 radical (unpaired) electrons. The maximum atomic E-state index is 13.5. The Balaban J connectivity index is 1.60. The van der Waals surface area contributed by atoms with Crippen LogP contribution in [0.5, 0.6) is 0 Å². The number of rotatable bonds is 5. The Hall–Kier alpha value is -3.07. The summed E-state index contributed by atoms with van der Waals surface area (Å²) in [5.41, 5.74) is 2.92. The molecule has 0 unspecified atom stereocenters. The highest BCUT2D eigenvalue weighted by atomic mass is 35.5. The molecule has 6 nitrogen and oxygen atoms in total. The lowest BCUT2D eigenvalue weighted by atomic mass is 9.95. The fourth-order valence-corrected chi connectivity index (χ4v) is 6.52. The Bertz CT molecular complexity index is 1520. The largest absolute Gasteiger partial charge is 0.392 e. The van der Waals surface area contributed by atoms with Crippen molar-refractivity contribution in [3.63, 3.8) is 0 Å². The molecule has 1 N–H and O–H groups in total. The molecule has 1 fully saturated rings. The number of Topliss-reactive ketones (excluding diaryl/α,β-unsaturated/α-hetero) is 1. The molecule has 1 aliphatic heterocycles. The number of aliphatic hydroxyl groups excluding tert-OH is 1. The molecule has 34 heavy (non-hydrogen) atoms. The molecule has 2 heterocycles. The second kappa shape index (κ2) is 8.61. The van der Waals surface area contributed by atoms with Crippen molar-refractivity contribution in [1.29, 1.82) is 0 Å². The molecule has 4 aromatic rings. The summed E-state index contributed by atoms with van der Waals surface area (Å²) in [6.45, 7) is 0. The van der Waals surface area contributed by atoms with Gasteiger partial charge in [-0.2, -0.15) is 5.10 Å². The van der Waals surface area contributed by atoms with Crippen LogP contribution in [0.2, 0.25) is 5.02 Å². The van der Waals surface area contributed by atoms with Crippen LogP contribution in [0.1, 0.15) is 16.8 Å². The monoisotopic (exact) mass is 498 g/mol. The van der Waals surface area contributed by atoms with Gasteiger partial charge >= 0.3 is 0 Å². The quantitative estimate of drug-likeness (QED) is 0.410. The first kappa shape index (κ1) is 22.7. The van der Waals surface area contributed by atoms with Crippen molar-refractivity contribution in [2.24, 2.45) is 5.92 Å². The minimum absolute atomic E-state index is 0.0754. The second-order valence-corrected chi connectivity index (χ2v) is 11.0. The molecule has 0 amide bonds. The van der Waals surface area contributed by atoms with Crippen molar-refractivity contribution < 1.29 is 22.7 Å². The Morgan fingerprint density at radius 2 is 1.82 bits per heavy atom. The van der Waals surface area contributed by atoms with Gasteiger partial charge in [-0.3, -0.25) is 4.79 Å². The predicted molar refractivity (Wildman–Crippen MR) is 129 cm³/mol. The molecule has 1 aromatic heterocycles. The van der Waals surface area contributed by atoms with Crippen LogP contribution in [0.25, 0.3) is 27.8 Å².